The van der Waals surface area contributed by atoms with Crippen molar-refractivity contribution < 1.29 is 19.1 Å². The Kier molecular flexibility index (Phi) is 11.1. The Labute approximate surface area is 308 Å². The first kappa shape index (κ1) is 37.6. The second-order valence-corrected chi connectivity index (χ2v) is 20.5. The van der Waals surface area contributed by atoms with Gasteiger partial charge in [0.25, 0.3) is 11.8 Å². The topological polar surface area (TPSA) is 125 Å². The fourth-order valence-electron chi connectivity index (χ4n) is 6.63. The quantitative estimate of drug-likeness (QED) is 0.151. The zero-order valence-corrected chi connectivity index (χ0v) is 32.6. The molecule has 0 bridgehead atoms. The van der Waals surface area contributed by atoms with E-state index in [2.05, 4.69) is 64.4 Å². The van der Waals surface area contributed by atoms with Gasteiger partial charge in [-0.2, -0.15) is 5.10 Å². The van der Waals surface area contributed by atoms with E-state index in [9.17, 15) is 14.7 Å². The van der Waals surface area contributed by atoms with E-state index in [1.165, 1.54) is 0 Å². The van der Waals surface area contributed by atoms with Gasteiger partial charge in [-0.25, -0.2) is 0 Å². The number of likely N-dealkylation sites (tertiary alicyclic amines) is 1. The van der Waals surface area contributed by atoms with Crippen LogP contribution in [-0.2, 0) is 24.1 Å². The molecule has 276 valence electrons. The number of hydrogen-bond donors (Lipinski definition) is 3. The minimum Gasteiger partial charge on any atom is -0.416 e. The second-order valence-electron chi connectivity index (χ2n) is 15.7. The van der Waals surface area contributed by atoms with E-state index < -0.39 is 8.32 Å². The molecular formula is C40H53N7O4Si. The Morgan fingerprint density at radius 1 is 0.904 bits per heavy atom. The molecule has 4 heterocycles. The normalized spacial score (nSPS) is 16.9. The lowest BCUT2D eigenvalue weighted by Crippen LogP contribution is -2.43. The molecule has 1 unspecified atom stereocenters. The number of anilines is 2. The van der Waals surface area contributed by atoms with Crippen LogP contribution in [0.25, 0.3) is 11.1 Å². The lowest BCUT2D eigenvalue weighted by atomic mass is 9.94. The van der Waals surface area contributed by atoms with Gasteiger partial charge in [0.05, 0.1) is 18.3 Å². The van der Waals surface area contributed by atoms with Crippen LogP contribution in [0, 0.1) is 13.8 Å². The van der Waals surface area contributed by atoms with Crippen molar-refractivity contribution in [3.63, 3.8) is 0 Å². The summed E-state index contributed by atoms with van der Waals surface area (Å²) in [4.78, 5) is 35.7. The van der Waals surface area contributed by atoms with E-state index >= 15 is 0 Å². The smallest absolute Gasteiger partial charge is 0.276 e. The number of amides is 2. The van der Waals surface area contributed by atoms with Gasteiger partial charge < -0.3 is 20.2 Å². The predicted molar refractivity (Wildman–Crippen MR) is 208 cm³/mol. The fourth-order valence-corrected chi connectivity index (χ4v) is 7.67. The van der Waals surface area contributed by atoms with Crippen LogP contribution in [0.4, 0.5) is 11.4 Å². The van der Waals surface area contributed by atoms with E-state index in [-0.39, 0.29) is 23.0 Å². The van der Waals surface area contributed by atoms with E-state index in [0.717, 1.165) is 72.7 Å². The molecule has 0 spiro atoms. The molecule has 11 nitrogen and oxygen atoms in total. The molecule has 12 heteroatoms. The monoisotopic (exact) mass is 723 g/mol. The maximum absolute atomic E-state index is 13.5. The Hall–Kier alpha value is -4.20. The van der Waals surface area contributed by atoms with Gasteiger partial charge in [0, 0.05) is 63.4 Å². The molecule has 2 aromatic heterocycles. The fraction of sp³-hybridized carbons (Fsp3) is 0.450. The number of hydrogen-bond acceptors (Lipinski definition) is 8. The minimum absolute atomic E-state index is 0.181. The third-order valence-corrected chi connectivity index (χ3v) is 15.5. The summed E-state index contributed by atoms with van der Waals surface area (Å²) in [6.45, 7) is 21.4. The van der Waals surface area contributed by atoms with E-state index in [4.69, 9.17) is 4.43 Å². The first-order valence-corrected chi connectivity index (χ1v) is 21.2. The highest BCUT2D eigenvalue weighted by Crippen LogP contribution is 2.37. The highest BCUT2D eigenvalue weighted by molar-refractivity contribution is 6.74. The summed E-state index contributed by atoms with van der Waals surface area (Å²) >= 11 is 0. The van der Waals surface area contributed by atoms with Gasteiger partial charge in [0.15, 0.2) is 14.0 Å². The number of fused-ring (bicyclic) bond motifs is 1. The molecule has 2 amide bonds. The zero-order valence-electron chi connectivity index (χ0n) is 31.6. The molecule has 4 aromatic rings. The standard InChI is InChI=1S/C40H53N7O4Si/c1-27-32(10-8-12-34(27)42-38(49)36-15-14-29(23-41-36)24-46-17-16-31(48)26-46)33-11-9-13-35(28(33)2)43-39(50)37-22-30-25-45(18-19-47(30)44-37)20-21-51-52(6,7)40(3,4)5/h8-15,22-23,31,48H,16-21,24-26H2,1-7H3,(H,42,49)(H,43,50). The molecule has 1 fully saturated rings. The van der Waals surface area contributed by atoms with E-state index in [0.29, 0.717) is 42.5 Å². The zero-order chi connectivity index (χ0) is 37.2. The molecule has 3 N–H and O–H groups in total. The van der Waals surface area contributed by atoms with Crippen molar-refractivity contribution in [1.82, 2.24) is 24.6 Å². The summed E-state index contributed by atoms with van der Waals surface area (Å²) in [6, 6.07) is 17.2. The van der Waals surface area contributed by atoms with Gasteiger partial charge in [0.2, 0.25) is 0 Å². The highest BCUT2D eigenvalue weighted by atomic mass is 28.4. The molecule has 6 rings (SSSR count). The SMILES string of the molecule is Cc1c(NC(=O)c2ccc(CN3CCC(O)C3)cn2)cccc1-c1cccc(NC(=O)c2cc3n(n2)CCN(CCO[Si](C)(C)C(C)(C)C)C3)c1C. The van der Waals surface area contributed by atoms with Crippen molar-refractivity contribution in [3.05, 3.63) is 94.6 Å². The molecular weight excluding hydrogens is 671 g/mol. The number of aromatic nitrogens is 3. The summed E-state index contributed by atoms with van der Waals surface area (Å²) in [5.74, 6) is -0.532. The molecule has 2 aliphatic heterocycles. The number of benzene rings is 2. The van der Waals surface area contributed by atoms with Gasteiger partial charge in [0.1, 0.15) is 5.69 Å². The molecule has 1 saturated heterocycles. The third kappa shape index (κ3) is 8.53. The van der Waals surface area contributed by atoms with E-state index in [1.807, 2.05) is 67.1 Å². The summed E-state index contributed by atoms with van der Waals surface area (Å²) in [6.07, 6.45) is 2.24. The largest absolute Gasteiger partial charge is 0.416 e. The summed E-state index contributed by atoms with van der Waals surface area (Å²) < 4.78 is 8.34. The van der Waals surface area contributed by atoms with Crippen molar-refractivity contribution in [2.75, 3.05) is 43.4 Å². The van der Waals surface area contributed by atoms with Gasteiger partial charge in [-0.3, -0.25) is 29.1 Å². The Bertz CT molecular complexity index is 1920. The van der Waals surface area contributed by atoms with Gasteiger partial charge in [-0.05, 0) is 90.5 Å². The number of β-amino-alcohol motifs (C(OH)–C–C–N with tert-alkyl or cyclic N) is 1. The molecule has 2 aromatic carbocycles. The van der Waals surface area contributed by atoms with Crippen molar-refractivity contribution in [2.45, 2.75) is 84.9 Å². The average Bonchev–Trinajstić information content (AvgIpc) is 3.72. The minimum atomic E-state index is -1.80. The highest BCUT2D eigenvalue weighted by Gasteiger charge is 2.37. The molecule has 0 saturated carbocycles. The number of aliphatic hydroxyl groups is 1. The van der Waals surface area contributed by atoms with Crippen LogP contribution in [0.1, 0.15) is 70.6 Å². The van der Waals surface area contributed by atoms with Gasteiger partial charge in [-0.15, -0.1) is 0 Å². The van der Waals surface area contributed by atoms with E-state index in [1.54, 1.807) is 12.3 Å². The molecule has 0 radical (unpaired) electrons. The lowest BCUT2D eigenvalue weighted by Gasteiger charge is -2.37. The average molecular weight is 724 g/mol. The van der Waals surface area contributed by atoms with Crippen molar-refractivity contribution in [2.24, 2.45) is 0 Å². The molecule has 0 aliphatic carbocycles. The predicted octanol–water partition coefficient (Wildman–Crippen LogP) is 6.47. The Morgan fingerprint density at radius 2 is 1.56 bits per heavy atom. The lowest BCUT2D eigenvalue weighted by molar-refractivity contribution is 0.101. The van der Waals surface area contributed by atoms with Crippen molar-refractivity contribution >= 4 is 31.5 Å². The summed E-state index contributed by atoms with van der Waals surface area (Å²) in [7, 11) is -1.80. The van der Waals surface area contributed by atoms with Crippen LogP contribution in [-0.4, -0.2) is 88.7 Å². The van der Waals surface area contributed by atoms with Crippen LogP contribution in [0.15, 0.2) is 60.8 Å². The molecule has 52 heavy (non-hydrogen) atoms. The molecule has 2 aliphatic rings. The maximum atomic E-state index is 13.5. The number of rotatable bonds is 11. The first-order valence-electron chi connectivity index (χ1n) is 18.3. The third-order valence-electron chi connectivity index (χ3n) is 11.0. The second kappa shape index (κ2) is 15.4. The number of pyridine rings is 1. The number of nitrogens with zero attached hydrogens (tertiary/aromatic N) is 5. The number of carbonyl (C=O) groups excluding carboxylic acids is 2. The van der Waals surface area contributed by atoms with Crippen LogP contribution in [0.5, 0.6) is 0 Å². The summed E-state index contributed by atoms with van der Waals surface area (Å²) in [5.41, 5.74) is 7.91. The Morgan fingerprint density at radius 3 is 2.13 bits per heavy atom. The van der Waals surface area contributed by atoms with Gasteiger partial charge >= 0.3 is 0 Å². The molecule has 1 atom stereocenters. The van der Waals surface area contributed by atoms with Gasteiger partial charge in [-0.1, -0.05) is 51.1 Å². The first-order chi connectivity index (χ1) is 24.7. The Balaban J connectivity index is 1.09. The van der Waals surface area contributed by atoms with Crippen LogP contribution < -0.4 is 10.6 Å². The van der Waals surface area contributed by atoms with Crippen molar-refractivity contribution in [3.8, 4) is 11.1 Å². The van der Waals surface area contributed by atoms with Crippen molar-refractivity contribution in [1.29, 1.82) is 0 Å². The van der Waals surface area contributed by atoms with Crippen LogP contribution in [0.2, 0.25) is 18.1 Å². The van der Waals surface area contributed by atoms with Crippen LogP contribution >= 0.6 is 0 Å². The number of aliphatic hydroxyl groups excluding tert-OH is 1. The maximum Gasteiger partial charge on any atom is 0.276 e. The van der Waals surface area contributed by atoms with Crippen LogP contribution in [0.3, 0.4) is 0 Å². The number of carbonyl (C=O) groups is 2. The summed E-state index contributed by atoms with van der Waals surface area (Å²) in [5, 5.41) is 20.8. The number of nitrogens with one attached hydrogen (secondary N) is 2.